The molecule has 0 radical (unpaired) electrons. The normalized spacial score (nSPS) is 15.5. The second-order valence-corrected chi connectivity index (χ2v) is 8.25. The highest BCUT2D eigenvalue weighted by Crippen LogP contribution is 2.24. The second kappa shape index (κ2) is 7.94. The molecule has 6 heteroatoms. The Bertz CT molecular complexity index is 734. The number of carbonyl (C=O) groups is 1. The maximum absolute atomic E-state index is 12.2. The van der Waals surface area contributed by atoms with E-state index in [1.54, 1.807) is 23.5 Å². The van der Waals surface area contributed by atoms with E-state index >= 15 is 0 Å². The van der Waals surface area contributed by atoms with Crippen molar-refractivity contribution >= 4 is 38.9 Å². The fraction of sp³-hybridized carbons (Fsp3) is 0.333. The Balaban J connectivity index is 1.58. The first-order valence-electron chi connectivity index (χ1n) is 7.99. The van der Waals surface area contributed by atoms with Crippen molar-refractivity contribution in [1.29, 1.82) is 0 Å². The highest BCUT2D eigenvalue weighted by Gasteiger charge is 2.16. The lowest BCUT2D eigenvalue weighted by Gasteiger charge is -2.13. The molecular formula is C18H19BrN2O2S. The molecule has 1 aliphatic rings. The number of hydrogen-bond donors (Lipinski definition) is 1. The van der Waals surface area contributed by atoms with E-state index in [2.05, 4.69) is 26.5 Å². The van der Waals surface area contributed by atoms with Crippen molar-refractivity contribution in [3.8, 4) is 5.75 Å². The van der Waals surface area contributed by atoms with Gasteiger partial charge in [0.1, 0.15) is 5.75 Å². The molecule has 4 nitrogen and oxygen atoms in total. The van der Waals surface area contributed by atoms with Crippen LogP contribution in [0.1, 0.15) is 47.8 Å². The molecule has 0 bridgehead atoms. The maximum atomic E-state index is 12.2. The third-order valence-electron chi connectivity index (χ3n) is 3.98. The molecule has 1 amide bonds. The van der Waals surface area contributed by atoms with Crippen molar-refractivity contribution in [1.82, 2.24) is 5.43 Å². The molecule has 0 spiro atoms. The van der Waals surface area contributed by atoms with E-state index in [0.717, 1.165) is 33.0 Å². The van der Waals surface area contributed by atoms with Crippen molar-refractivity contribution < 1.29 is 9.53 Å². The molecule has 1 fully saturated rings. The summed E-state index contributed by atoms with van der Waals surface area (Å²) in [6, 6.07) is 11.2. The third-order valence-corrected chi connectivity index (χ3v) is 5.71. The van der Waals surface area contributed by atoms with Gasteiger partial charge in [-0.05, 0) is 84.9 Å². The van der Waals surface area contributed by atoms with Gasteiger partial charge in [-0.15, -0.1) is 11.3 Å². The van der Waals surface area contributed by atoms with Crippen LogP contribution in [0.4, 0.5) is 0 Å². The number of hydrogen-bond acceptors (Lipinski definition) is 4. The molecule has 1 aromatic heterocycles. The Morgan fingerprint density at radius 3 is 2.54 bits per heavy atom. The van der Waals surface area contributed by atoms with Crippen LogP contribution in [0, 0.1) is 0 Å². The Labute approximate surface area is 154 Å². The van der Waals surface area contributed by atoms with Gasteiger partial charge >= 0.3 is 0 Å². The van der Waals surface area contributed by atoms with Crippen molar-refractivity contribution in [3.05, 3.63) is 50.6 Å². The average molecular weight is 407 g/mol. The number of ether oxygens (including phenoxy) is 1. The summed E-state index contributed by atoms with van der Waals surface area (Å²) in [6.45, 7) is 1.87. The lowest BCUT2D eigenvalue weighted by atomic mass is 10.2. The molecular weight excluding hydrogens is 388 g/mol. The van der Waals surface area contributed by atoms with Crippen LogP contribution in [0.3, 0.4) is 0 Å². The highest BCUT2D eigenvalue weighted by molar-refractivity contribution is 9.11. The molecule has 0 atom stereocenters. The van der Waals surface area contributed by atoms with E-state index in [-0.39, 0.29) is 5.91 Å². The first-order chi connectivity index (χ1) is 11.6. The van der Waals surface area contributed by atoms with E-state index in [0.29, 0.717) is 11.7 Å². The lowest BCUT2D eigenvalue weighted by molar-refractivity contribution is 0.0955. The quantitative estimate of drug-likeness (QED) is 0.561. The number of halogens is 1. The first kappa shape index (κ1) is 17.2. The van der Waals surface area contributed by atoms with Crippen LogP contribution >= 0.6 is 27.3 Å². The Kier molecular flexibility index (Phi) is 5.68. The standard InChI is InChI=1S/C18H19BrN2O2S/c1-12(16-10-11-17(19)24-16)20-21-18(22)13-6-8-15(9-7-13)23-14-4-2-3-5-14/h6-11,14H,2-5H2,1H3,(H,21,22). The van der Waals surface area contributed by atoms with Gasteiger partial charge in [0.05, 0.1) is 20.5 Å². The van der Waals surface area contributed by atoms with Crippen LogP contribution in [-0.2, 0) is 0 Å². The predicted octanol–water partition coefficient (Wildman–Crippen LogP) is 4.99. The van der Waals surface area contributed by atoms with Gasteiger partial charge in [-0.2, -0.15) is 5.10 Å². The molecule has 1 aliphatic carbocycles. The molecule has 0 saturated heterocycles. The first-order valence-corrected chi connectivity index (χ1v) is 9.60. The summed E-state index contributed by atoms with van der Waals surface area (Å²) in [6.07, 6.45) is 5.04. The number of benzene rings is 1. The Morgan fingerprint density at radius 1 is 1.21 bits per heavy atom. The minimum absolute atomic E-state index is 0.225. The maximum Gasteiger partial charge on any atom is 0.271 e. The molecule has 1 heterocycles. The predicted molar refractivity (Wildman–Crippen MR) is 101 cm³/mol. The van der Waals surface area contributed by atoms with Crippen molar-refractivity contribution in [2.75, 3.05) is 0 Å². The number of nitrogens with zero attached hydrogens (tertiary/aromatic N) is 1. The fourth-order valence-electron chi connectivity index (χ4n) is 2.65. The van der Waals surface area contributed by atoms with Gasteiger partial charge in [-0.25, -0.2) is 5.43 Å². The van der Waals surface area contributed by atoms with Crippen LogP contribution in [-0.4, -0.2) is 17.7 Å². The van der Waals surface area contributed by atoms with Gasteiger partial charge in [0, 0.05) is 5.56 Å². The van der Waals surface area contributed by atoms with Gasteiger partial charge in [0.2, 0.25) is 0 Å². The third kappa shape index (κ3) is 4.45. The summed E-state index contributed by atoms with van der Waals surface area (Å²) in [7, 11) is 0. The fourth-order valence-corrected chi connectivity index (χ4v) is 3.98. The highest BCUT2D eigenvalue weighted by atomic mass is 79.9. The summed E-state index contributed by atoms with van der Waals surface area (Å²) in [5, 5.41) is 4.17. The van der Waals surface area contributed by atoms with Gasteiger partial charge in [-0.1, -0.05) is 0 Å². The minimum atomic E-state index is -0.225. The summed E-state index contributed by atoms with van der Waals surface area (Å²) >= 11 is 5.00. The topological polar surface area (TPSA) is 50.7 Å². The molecule has 1 aromatic carbocycles. The summed E-state index contributed by atoms with van der Waals surface area (Å²) in [4.78, 5) is 13.2. The van der Waals surface area contributed by atoms with Crippen LogP contribution < -0.4 is 10.2 Å². The van der Waals surface area contributed by atoms with E-state index in [1.165, 1.54) is 12.8 Å². The van der Waals surface area contributed by atoms with Gasteiger partial charge in [0.15, 0.2) is 0 Å². The average Bonchev–Trinajstić information content (AvgIpc) is 3.24. The minimum Gasteiger partial charge on any atom is -0.490 e. The van der Waals surface area contributed by atoms with Crippen LogP contribution in [0.5, 0.6) is 5.75 Å². The SMILES string of the molecule is CC(=NNC(=O)c1ccc(OC2CCCC2)cc1)c1ccc(Br)s1. The largest absolute Gasteiger partial charge is 0.490 e. The second-order valence-electron chi connectivity index (χ2n) is 5.79. The molecule has 0 unspecified atom stereocenters. The van der Waals surface area contributed by atoms with E-state index < -0.39 is 0 Å². The molecule has 24 heavy (non-hydrogen) atoms. The number of carbonyl (C=O) groups excluding carboxylic acids is 1. The lowest BCUT2D eigenvalue weighted by Crippen LogP contribution is -2.19. The zero-order valence-corrected chi connectivity index (χ0v) is 15.8. The van der Waals surface area contributed by atoms with E-state index in [9.17, 15) is 4.79 Å². The van der Waals surface area contributed by atoms with E-state index in [1.807, 2.05) is 31.2 Å². The Hall–Kier alpha value is -1.66. The summed E-state index contributed by atoms with van der Waals surface area (Å²) < 4.78 is 6.94. The zero-order valence-electron chi connectivity index (χ0n) is 13.4. The van der Waals surface area contributed by atoms with Gasteiger partial charge < -0.3 is 4.74 Å². The number of hydrazone groups is 1. The molecule has 2 aromatic rings. The molecule has 126 valence electrons. The molecule has 0 aliphatic heterocycles. The van der Waals surface area contributed by atoms with Crippen LogP contribution in [0.25, 0.3) is 0 Å². The zero-order chi connectivity index (χ0) is 16.9. The van der Waals surface area contributed by atoms with Crippen molar-refractivity contribution in [3.63, 3.8) is 0 Å². The Morgan fingerprint density at radius 2 is 1.92 bits per heavy atom. The number of amides is 1. The smallest absolute Gasteiger partial charge is 0.271 e. The summed E-state index contributed by atoms with van der Waals surface area (Å²) in [5.41, 5.74) is 3.94. The van der Waals surface area contributed by atoms with Crippen LogP contribution in [0.15, 0.2) is 45.3 Å². The van der Waals surface area contributed by atoms with E-state index in [4.69, 9.17) is 4.74 Å². The molecule has 1 saturated carbocycles. The molecule has 1 N–H and O–H groups in total. The number of nitrogens with one attached hydrogen (secondary N) is 1. The monoisotopic (exact) mass is 406 g/mol. The number of thiophene rings is 1. The van der Waals surface area contributed by atoms with Crippen LogP contribution in [0.2, 0.25) is 0 Å². The van der Waals surface area contributed by atoms with Crippen molar-refractivity contribution in [2.45, 2.75) is 38.7 Å². The van der Waals surface area contributed by atoms with Crippen molar-refractivity contribution in [2.24, 2.45) is 5.10 Å². The van der Waals surface area contributed by atoms with Gasteiger partial charge in [-0.3, -0.25) is 4.79 Å². The summed E-state index contributed by atoms with van der Waals surface area (Å²) in [5.74, 6) is 0.596. The van der Waals surface area contributed by atoms with Gasteiger partial charge in [0.25, 0.3) is 5.91 Å². The molecule has 3 rings (SSSR count). The number of rotatable bonds is 5.